The zero-order valence-corrected chi connectivity index (χ0v) is 12.1. The maximum absolute atomic E-state index is 12.4. The molecule has 0 unspecified atom stereocenters. The van der Waals surface area contributed by atoms with Crippen molar-refractivity contribution in [2.24, 2.45) is 0 Å². The second-order valence-electron chi connectivity index (χ2n) is 5.16. The first-order valence-electron chi connectivity index (χ1n) is 6.82. The topological polar surface area (TPSA) is 53.4 Å². The Labute approximate surface area is 128 Å². The van der Waals surface area contributed by atoms with Gasteiger partial charge in [-0.1, -0.05) is 23.7 Å². The Hall–Kier alpha value is -1.91. The molecule has 1 amide bonds. The number of hydrogen-bond donors (Lipinski definition) is 1. The fourth-order valence-electron chi connectivity index (χ4n) is 2.47. The van der Waals surface area contributed by atoms with Crippen LogP contribution < -0.4 is 0 Å². The fraction of sp³-hybridized carbons (Fsp3) is 0.250. The molecule has 2 aromatic rings. The van der Waals surface area contributed by atoms with E-state index in [1.807, 2.05) is 30.3 Å². The number of carbonyl (C=O) groups excluding carboxylic acids is 1. The van der Waals surface area contributed by atoms with Crippen molar-refractivity contribution < 1.29 is 9.90 Å². The minimum absolute atomic E-state index is 0.0881. The second kappa shape index (κ2) is 5.84. The monoisotopic (exact) mass is 302 g/mol. The van der Waals surface area contributed by atoms with Crippen molar-refractivity contribution in [3.8, 4) is 11.1 Å². The number of likely N-dealkylation sites (tertiary alicyclic amines) is 1. The van der Waals surface area contributed by atoms with Crippen molar-refractivity contribution in [2.45, 2.75) is 12.5 Å². The fourth-order valence-corrected chi connectivity index (χ4v) is 2.59. The highest BCUT2D eigenvalue weighted by Gasteiger charge is 2.25. The molecule has 108 valence electrons. The summed E-state index contributed by atoms with van der Waals surface area (Å²) in [6.07, 6.45) is 3.50. The Morgan fingerprint density at radius 1 is 1.24 bits per heavy atom. The van der Waals surface area contributed by atoms with Gasteiger partial charge in [0.1, 0.15) is 0 Å². The number of β-amino-alcohol motifs (C(OH)–C–C–N with tert-alkyl or cyclic N) is 1. The van der Waals surface area contributed by atoms with Crippen LogP contribution in [0, 0.1) is 0 Å². The Balaban J connectivity index is 1.86. The third kappa shape index (κ3) is 3.06. The maximum Gasteiger partial charge on any atom is 0.255 e. The van der Waals surface area contributed by atoms with Gasteiger partial charge in [0.25, 0.3) is 5.91 Å². The summed E-state index contributed by atoms with van der Waals surface area (Å²) >= 11 is 5.88. The standard InChI is InChI=1S/C16H15ClN2O2/c17-14-3-1-11(2-4-14)12-7-13(9-18-8-12)16(21)19-6-5-15(20)10-19/h1-4,7-9,15,20H,5-6,10H2/t15-/m1/s1. The van der Waals surface area contributed by atoms with Crippen LogP contribution in [-0.4, -0.2) is 40.1 Å². The summed E-state index contributed by atoms with van der Waals surface area (Å²) in [5.41, 5.74) is 2.37. The highest BCUT2D eigenvalue weighted by molar-refractivity contribution is 6.30. The zero-order valence-electron chi connectivity index (χ0n) is 11.4. The van der Waals surface area contributed by atoms with Crippen molar-refractivity contribution in [3.05, 3.63) is 53.3 Å². The summed E-state index contributed by atoms with van der Waals surface area (Å²) in [4.78, 5) is 18.2. The molecule has 1 saturated heterocycles. The van der Waals surface area contributed by atoms with E-state index in [1.165, 1.54) is 0 Å². The Bertz CT molecular complexity index is 658. The van der Waals surface area contributed by atoms with Crippen LogP contribution in [0.5, 0.6) is 0 Å². The second-order valence-corrected chi connectivity index (χ2v) is 5.60. The summed E-state index contributed by atoms with van der Waals surface area (Å²) in [6.45, 7) is 0.981. The third-order valence-corrected chi connectivity index (χ3v) is 3.87. The quantitative estimate of drug-likeness (QED) is 0.928. The average Bonchev–Trinajstić information content (AvgIpc) is 2.94. The van der Waals surface area contributed by atoms with Gasteiger partial charge in [0, 0.05) is 36.1 Å². The van der Waals surface area contributed by atoms with Crippen LogP contribution in [0.15, 0.2) is 42.7 Å². The van der Waals surface area contributed by atoms with E-state index in [2.05, 4.69) is 4.98 Å². The largest absolute Gasteiger partial charge is 0.391 e. The summed E-state index contributed by atoms with van der Waals surface area (Å²) < 4.78 is 0. The number of pyridine rings is 1. The Kier molecular flexibility index (Phi) is 3.90. The van der Waals surface area contributed by atoms with Gasteiger partial charge in [-0.25, -0.2) is 0 Å². The van der Waals surface area contributed by atoms with E-state index in [-0.39, 0.29) is 5.91 Å². The van der Waals surface area contributed by atoms with Crippen LogP contribution in [-0.2, 0) is 0 Å². The predicted octanol–water partition coefficient (Wildman–Crippen LogP) is 2.61. The molecule has 1 atom stereocenters. The number of halogens is 1. The molecule has 1 aliphatic rings. The SMILES string of the molecule is O=C(c1cncc(-c2ccc(Cl)cc2)c1)N1CC[C@@H](O)C1. The molecular formula is C16H15ClN2O2. The number of aliphatic hydroxyl groups is 1. The highest BCUT2D eigenvalue weighted by atomic mass is 35.5. The predicted molar refractivity (Wildman–Crippen MR) is 81.2 cm³/mol. The molecule has 1 aromatic heterocycles. The molecule has 5 heteroatoms. The van der Waals surface area contributed by atoms with Crippen LogP contribution in [0.3, 0.4) is 0 Å². The summed E-state index contributed by atoms with van der Waals surface area (Å²) in [6, 6.07) is 9.23. The van der Waals surface area contributed by atoms with E-state index < -0.39 is 6.10 Å². The lowest BCUT2D eigenvalue weighted by Gasteiger charge is -2.15. The molecule has 1 fully saturated rings. The number of benzene rings is 1. The first-order chi connectivity index (χ1) is 10.1. The summed E-state index contributed by atoms with van der Waals surface area (Å²) in [7, 11) is 0. The van der Waals surface area contributed by atoms with Gasteiger partial charge in [-0.15, -0.1) is 0 Å². The molecule has 0 bridgehead atoms. The Morgan fingerprint density at radius 2 is 2.00 bits per heavy atom. The van der Waals surface area contributed by atoms with Crippen molar-refractivity contribution in [3.63, 3.8) is 0 Å². The van der Waals surface area contributed by atoms with E-state index in [0.717, 1.165) is 11.1 Å². The van der Waals surface area contributed by atoms with E-state index in [9.17, 15) is 9.90 Å². The van der Waals surface area contributed by atoms with E-state index in [0.29, 0.717) is 30.1 Å². The van der Waals surface area contributed by atoms with Crippen molar-refractivity contribution in [1.29, 1.82) is 0 Å². The highest BCUT2D eigenvalue weighted by Crippen LogP contribution is 2.22. The van der Waals surface area contributed by atoms with Gasteiger partial charge in [-0.05, 0) is 30.2 Å². The number of hydrogen-bond acceptors (Lipinski definition) is 3. The first-order valence-corrected chi connectivity index (χ1v) is 7.19. The molecule has 0 radical (unpaired) electrons. The van der Waals surface area contributed by atoms with Crippen LogP contribution >= 0.6 is 11.6 Å². The minimum atomic E-state index is -0.415. The van der Waals surface area contributed by atoms with Gasteiger partial charge in [-0.2, -0.15) is 0 Å². The molecule has 21 heavy (non-hydrogen) atoms. The van der Waals surface area contributed by atoms with Crippen LogP contribution in [0.25, 0.3) is 11.1 Å². The lowest BCUT2D eigenvalue weighted by molar-refractivity contribution is 0.0764. The van der Waals surface area contributed by atoms with Crippen LogP contribution in [0.4, 0.5) is 0 Å². The van der Waals surface area contributed by atoms with Gasteiger partial charge in [0.2, 0.25) is 0 Å². The van der Waals surface area contributed by atoms with E-state index in [1.54, 1.807) is 17.3 Å². The normalized spacial score (nSPS) is 18.0. The molecule has 0 aliphatic carbocycles. The number of aromatic nitrogens is 1. The molecule has 0 spiro atoms. The molecule has 1 aromatic carbocycles. The van der Waals surface area contributed by atoms with Gasteiger partial charge in [0.15, 0.2) is 0 Å². The number of nitrogens with zero attached hydrogens (tertiary/aromatic N) is 2. The maximum atomic E-state index is 12.4. The van der Waals surface area contributed by atoms with Crippen LogP contribution in [0.2, 0.25) is 5.02 Å². The molecule has 4 nitrogen and oxygen atoms in total. The van der Waals surface area contributed by atoms with Crippen molar-refractivity contribution in [2.75, 3.05) is 13.1 Å². The van der Waals surface area contributed by atoms with Crippen molar-refractivity contribution >= 4 is 17.5 Å². The third-order valence-electron chi connectivity index (χ3n) is 3.61. The molecule has 1 aliphatic heterocycles. The van der Waals surface area contributed by atoms with Gasteiger partial charge in [-0.3, -0.25) is 9.78 Å². The molecule has 0 saturated carbocycles. The summed E-state index contributed by atoms with van der Waals surface area (Å²) in [5.74, 6) is -0.0881. The number of aliphatic hydroxyl groups excluding tert-OH is 1. The molecule has 3 rings (SSSR count). The number of amides is 1. The molecule has 2 heterocycles. The summed E-state index contributed by atoms with van der Waals surface area (Å²) in [5, 5.41) is 10.2. The van der Waals surface area contributed by atoms with Gasteiger partial charge < -0.3 is 10.0 Å². The van der Waals surface area contributed by atoms with E-state index >= 15 is 0 Å². The number of carbonyl (C=O) groups is 1. The average molecular weight is 303 g/mol. The lowest BCUT2D eigenvalue weighted by atomic mass is 10.1. The lowest BCUT2D eigenvalue weighted by Crippen LogP contribution is -2.29. The zero-order chi connectivity index (χ0) is 14.8. The van der Waals surface area contributed by atoms with Gasteiger partial charge >= 0.3 is 0 Å². The van der Waals surface area contributed by atoms with Crippen LogP contribution in [0.1, 0.15) is 16.8 Å². The van der Waals surface area contributed by atoms with Crippen molar-refractivity contribution in [1.82, 2.24) is 9.88 Å². The van der Waals surface area contributed by atoms with Gasteiger partial charge in [0.05, 0.1) is 11.7 Å². The first kappa shape index (κ1) is 14.0. The smallest absolute Gasteiger partial charge is 0.255 e. The number of rotatable bonds is 2. The Morgan fingerprint density at radius 3 is 2.67 bits per heavy atom. The minimum Gasteiger partial charge on any atom is -0.391 e. The molecule has 1 N–H and O–H groups in total. The van der Waals surface area contributed by atoms with E-state index in [4.69, 9.17) is 11.6 Å². The molecular weight excluding hydrogens is 288 g/mol.